The fourth-order valence-corrected chi connectivity index (χ4v) is 4.99. The standard InChI is InChI=1S/C21H31F2N3O/c22-18-5-4-15(12-19(18)23)13-26-9-6-16(7-10-26)25-20-3-1-2-17(20)21-14-27-11-8-24-21/h4-5,12,16-17,20-21,24-25H,1-3,6-11,13-14H2. The van der Waals surface area contributed by atoms with Gasteiger partial charge in [-0.25, -0.2) is 8.78 Å². The molecule has 6 heteroatoms. The third-order valence-corrected chi connectivity index (χ3v) is 6.46. The van der Waals surface area contributed by atoms with Crippen LogP contribution in [-0.4, -0.2) is 55.9 Å². The summed E-state index contributed by atoms with van der Waals surface area (Å²) in [6.45, 7) is 5.33. The van der Waals surface area contributed by atoms with Crippen LogP contribution in [0.5, 0.6) is 0 Å². The summed E-state index contributed by atoms with van der Waals surface area (Å²) in [5.74, 6) is -0.854. The Morgan fingerprint density at radius 2 is 1.96 bits per heavy atom. The monoisotopic (exact) mass is 379 g/mol. The molecule has 0 aromatic heterocycles. The second-order valence-electron chi connectivity index (χ2n) is 8.30. The first-order valence-electron chi connectivity index (χ1n) is 10.4. The van der Waals surface area contributed by atoms with Gasteiger partial charge in [-0.3, -0.25) is 4.90 Å². The van der Waals surface area contributed by atoms with Crippen LogP contribution < -0.4 is 10.6 Å². The maximum absolute atomic E-state index is 13.4. The van der Waals surface area contributed by atoms with Crippen molar-refractivity contribution in [2.24, 2.45) is 5.92 Å². The minimum Gasteiger partial charge on any atom is -0.379 e. The Bertz CT molecular complexity index is 615. The van der Waals surface area contributed by atoms with Gasteiger partial charge in [-0.15, -0.1) is 0 Å². The highest BCUT2D eigenvalue weighted by Crippen LogP contribution is 2.30. The number of morpholine rings is 1. The van der Waals surface area contributed by atoms with Crippen molar-refractivity contribution < 1.29 is 13.5 Å². The van der Waals surface area contributed by atoms with E-state index in [1.54, 1.807) is 6.07 Å². The Kier molecular flexibility index (Phi) is 6.38. The number of piperidine rings is 1. The molecule has 1 aromatic rings. The minimum atomic E-state index is -0.773. The molecule has 2 N–H and O–H groups in total. The van der Waals surface area contributed by atoms with E-state index in [1.807, 2.05) is 0 Å². The van der Waals surface area contributed by atoms with Gasteiger partial charge in [0.25, 0.3) is 0 Å². The van der Waals surface area contributed by atoms with Crippen LogP contribution in [0.3, 0.4) is 0 Å². The van der Waals surface area contributed by atoms with Crippen LogP contribution >= 0.6 is 0 Å². The van der Waals surface area contributed by atoms with Crippen LogP contribution in [0, 0.1) is 17.6 Å². The lowest BCUT2D eigenvalue weighted by Crippen LogP contribution is -2.53. The van der Waals surface area contributed by atoms with E-state index in [2.05, 4.69) is 15.5 Å². The summed E-state index contributed by atoms with van der Waals surface area (Å²) in [6.07, 6.45) is 6.07. The Hall–Kier alpha value is -1.08. The predicted molar refractivity (Wildman–Crippen MR) is 102 cm³/mol. The van der Waals surface area contributed by atoms with E-state index >= 15 is 0 Å². The zero-order chi connectivity index (χ0) is 18.6. The number of halogens is 2. The topological polar surface area (TPSA) is 36.5 Å². The van der Waals surface area contributed by atoms with Gasteiger partial charge in [-0.2, -0.15) is 0 Å². The van der Waals surface area contributed by atoms with Crippen molar-refractivity contribution in [3.8, 4) is 0 Å². The quantitative estimate of drug-likeness (QED) is 0.825. The van der Waals surface area contributed by atoms with Gasteiger partial charge in [0.1, 0.15) is 0 Å². The molecule has 0 radical (unpaired) electrons. The molecule has 27 heavy (non-hydrogen) atoms. The lowest BCUT2D eigenvalue weighted by Gasteiger charge is -2.37. The molecule has 4 nitrogen and oxygen atoms in total. The largest absolute Gasteiger partial charge is 0.379 e. The number of nitrogens with one attached hydrogen (secondary N) is 2. The lowest BCUT2D eigenvalue weighted by molar-refractivity contribution is 0.0505. The third-order valence-electron chi connectivity index (χ3n) is 6.46. The van der Waals surface area contributed by atoms with Crippen molar-refractivity contribution in [2.75, 3.05) is 32.8 Å². The van der Waals surface area contributed by atoms with Crippen molar-refractivity contribution in [1.29, 1.82) is 0 Å². The van der Waals surface area contributed by atoms with Gasteiger partial charge in [0.15, 0.2) is 11.6 Å². The molecule has 150 valence electrons. The van der Waals surface area contributed by atoms with Crippen LogP contribution in [0.15, 0.2) is 18.2 Å². The highest BCUT2D eigenvalue weighted by Gasteiger charge is 2.36. The van der Waals surface area contributed by atoms with E-state index in [0.29, 0.717) is 30.6 Å². The Morgan fingerprint density at radius 1 is 1.11 bits per heavy atom. The number of benzene rings is 1. The van der Waals surface area contributed by atoms with E-state index in [0.717, 1.165) is 51.3 Å². The molecule has 0 spiro atoms. The number of likely N-dealkylation sites (tertiary alicyclic amines) is 1. The number of nitrogens with zero attached hydrogens (tertiary/aromatic N) is 1. The smallest absolute Gasteiger partial charge is 0.159 e. The van der Waals surface area contributed by atoms with E-state index in [-0.39, 0.29) is 0 Å². The molecule has 2 saturated heterocycles. The Morgan fingerprint density at radius 3 is 2.70 bits per heavy atom. The number of rotatable bonds is 5. The first-order valence-corrected chi connectivity index (χ1v) is 10.4. The van der Waals surface area contributed by atoms with Gasteiger partial charge in [-0.1, -0.05) is 12.5 Å². The second-order valence-corrected chi connectivity index (χ2v) is 8.30. The molecule has 0 bridgehead atoms. The zero-order valence-electron chi connectivity index (χ0n) is 15.9. The third kappa shape index (κ3) is 4.86. The molecule has 3 fully saturated rings. The average Bonchev–Trinajstić information content (AvgIpc) is 3.15. The summed E-state index contributed by atoms with van der Waals surface area (Å²) >= 11 is 0. The number of hydrogen-bond donors (Lipinski definition) is 2. The summed E-state index contributed by atoms with van der Waals surface area (Å²) in [6, 6.07) is 5.87. The highest BCUT2D eigenvalue weighted by atomic mass is 19.2. The van der Waals surface area contributed by atoms with Gasteiger partial charge >= 0.3 is 0 Å². The molecular weight excluding hydrogens is 348 g/mol. The zero-order valence-corrected chi connectivity index (χ0v) is 15.9. The SMILES string of the molecule is Fc1ccc(CN2CCC(NC3CCCC3C3COCCN3)CC2)cc1F. The van der Waals surface area contributed by atoms with Gasteiger partial charge < -0.3 is 15.4 Å². The first-order chi connectivity index (χ1) is 13.2. The maximum atomic E-state index is 13.4. The summed E-state index contributed by atoms with van der Waals surface area (Å²) in [5, 5.41) is 7.57. The van der Waals surface area contributed by atoms with Crippen molar-refractivity contribution >= 4 is 0 Å². The van der Waals surface area contributed by atoms with E-state index in [4.69, 9.17) is 4.74 Å². The second kappa shape index (κ2) is 8.95. The molecule has 0 amide bonds. The van der Waals surface area contributed by atoms with Crippen molar-refractivity contribution in [3.05, 3.63) is 35.4 Å². The molecule has 2 aliphatic heterocycles. The van der Waals surface area contributed by atoms with Crippen LogP contribution in [-0.2, 0) is 11.3 Å². The highest BCUT2D eigenvalue weighted by molar-refractivity contribution is 5.17. The summed E-state index contributed by atoms with van der Waals surface area (Å²) in [4.78, 5) is 2.34. The predicted octanol–water partition coefficient (Wildman–Crippen LogP) is 2.68. The van der Waals surface area contributed by atoms with Gasteiger partial charge in [-0.05, 0) is 62.4 Å². The van der Waals surface area contributed by atoms with E-state index in [1.165, 1.54) is 31.4 Å². The molecule has 1 saturated carbocycles. The average molecular weight is 379 g/mol. The van der Waals surface area contributed by atoms with E-state index in [9.17, 15) is 8.78 Å². The normalized spacial score (nSPS) is 30.7. The van der Waals surface area contributed by atoms with Crippen molar-refractivity contribution in [1.82, 2.24) is 15.5 Å². The van der Waals surface area contributed by atoms with Gasteiger partial charge in [0, 0.05) is 31.2 Å². The molecule has 1 aliphatic carbocycles. The molecule has 3 atom stereocenters. The summed E-state index contributed by atoms with van der Waals surface area (Å²) in [7, 11) is 0. The van der Waals surface area contributed by atoms with E-state index < -0.39 is 11.6 Å². The van der Waals surface area contributed by atoms with Crippen molar-refractivity contribution in [2.45, 2.75) is 56.8 Å². The Labute approximate surface area is 160 Å². The van der Waals surface area contributed by atoms with Gasteiger partial charge in [0.05, 0.1) is 13.2 Å². The molecule has 2 heterocycles. The van der Waals surface area contributed by atoms with Gasteiger partial charge in [0.2, 0.25) is 0 Å². The Balaban J connectivity index is 1.24. The van der Waals surface area contributed by atoms with Crippen LogP contribution in [0.4, 0.5) is 8.78 Å². The van der Waals surface area contributed by atoms with Crippen LogP contribution in [0.2, 0.25) is 0 Å². The van der Waals surface area contributed by atoms with Crippen LogP contribution in [0.1, 0.15) is 37.7 Å². The molecule has 4 rings (SSSR count). The molecular formula is C21H31F2N3O. The number of hydrogen-bond acceptors (Lipinski definition) is 4. The molecule has 3 unspecified atom stereocenters. The van der Waals surface area contributed by atoms with Crippen LogP contribution in [0.25, 0.3) is 0 Å². The summed E-state index contributed by atoms with van der Waals surface area (Å²) < 4.78 is 32.1. The molecule has 1 aromatic carbocycles. The first kappa shape index (κ1) is 19.2. The van der Waals surface area contributed by atoms with Crippen molar-refractivity contribution in [3.63, 3.8) is 0 Å². The lowest BCUT2D eigenvalue weighted by atomic mass is 9.92. The minimum absolute atomic E-state index is 0.493. The fraction of sp³-hybridized carbons (Fsp3) is 0.714. The maximum Gasteiger partial charge on any atom is 0.159 e. The number of ether oxygens (including phenoxy) is 1. The molecule has 3 aliphatic rings. The fourth-order valence-electron chi connectivity index (χ4n) is 4.99. The summed E-state index contributed by atoms with van der Waals surface area (Å²) in [5.41, 5.74) is 0.847.